The van der Waals surface area contributed by atoms with E-state index in [1.165, 1.54) is 18.2 Å². The van der Waals surface area contributed by atoms with Gasteiger partial charge in [-0.1, -0.05) is 24.3 Å². The van der Waals surface area contributed by atoms with E-state index in [1.54, 1.807) is 24.3 Å². The summed E-state index contributed by atoms with van der Waals surface area (Å²) in [5.74, 6) is -3.56. The van der Waals surface area contributed by atoms with Crippen LogP contribution in [0, 0.1) is 5.82 Å². The minimum atomic E-state index is -5.08. The topological polar surface area (TPSA) is 125 Å². The number of sulfonamides is 1. The summed E-state index contributed by atoms with van der Waals surface area (Å²) in [6, 6.07) is 11.9. The van der Waals surface area contributed by atoms with E-state index in [4.69, 9.17) is 14.6 Å². The van der Waals surface area contributed by atoms with Crippen molar-refractivity contribution in [1.82, 2.24) is 10.2 Å². The first kappa shape index (κ1) is 29.3. The monoisotopic (exact) mass is 561 g/mol. The number of hydrogen-bond donors (Lipinski definition) is 3. The molecule has 1 saturated heterocycles. The van der Waals surface area contributed by atoms with Gasteiger partial charge in [0.2, 0.25) is 5.91 Å². The van der Waals surface area contributed by atoms with Crippen molar-refractivity contribution in [1.29, 1.82) is 0 Å². The highest BCUT2D eigenvalue weighted by Crippen LogP contribution is 2.48. The Hall–Kier alpha value is -3.23. The van der Waals surface area contributed by atoms with Gasteiger partial charge in [0.1, 0.15) is 10.7 Å². The first-order valence-electron chi connectivity index (χ1n) is 11.6. The van der Waals surface area contributed by atoms with Crippen molar-refractivity contribution in [2.75, 3.05) is 44.1 Å². The van der Waals surface area contributed by atoms with Crippen LogP contribution in [0.4, 0.5) is 23.2 Å². The molecule has 2 fully saturated rings. The van der Waals surface area contributed by atoms with Crippen LogP contribution in [0.2, 0.25) is 0 Å². The van der Waals surface area contributed by atoms with Gasteiger partial charge in [-0.15, -0.1) is 0 Å². The third-order valence-electron chi connectivity index (χ3n) is 6.06. The number of carbonyl (C=O) groups excluding carboxylic acids is 1. The van der Waals surface area contributed by atoms with Crippen molar-refractivity contribution in [2.45, 2.75) is 29.3 Å². The first-order chi connectivity index (χ1) is 17.8. The summed E-state index contributed by atoms with van der Waals surface area (Å²) in [6.45, 7) is 4.59. The molecule has 2 aromatic carbocycles. The lowest BCUT2D eigenvalue weighted by atomic mass is 9.95. The second-order valence-corrected chi connectivity index (χ2v) is 10.4. The van der Waals surface area contributed by atoms with Crippen molar-refractivity contribution >= 4 is 27.6 Å². The number of hydrogen-bond acceptors (Lipinski definition) is 6. The zero-order valence-corrected chi connectivity index (χ0v) is 20.9. The van der Waals surface area contributed by atoms with E-state index in [0.29, 0.717) is 12.2 Å². The van der Waals surface area contributed by atoms with Crippen LogP contribution in [-0.2, 0) is 29.8 Å². The van der Waals surface area contributed by atoms with E-state index < -0.39 is 38.3 Å². The van der Waals surface area contributed by atoms with Crippen LogP contribution >= 0.6 is 0 Å². The zero-order valence-electron chi connectivity index (χ0n) is 20.1. The third-order valence-corrected chi connectivity index (χ3v) is 7.47. The van der Waals surface area contributed by atoms with Crippen LogP contribution in [0.3, 0.4) is 0 Å². The molecule has 2 aromatic rings. The number of alkyl halides is 3. The maximum atomic E-state index is 13.9. The molecule has 0 bridgehead atoms. The van der Waals surface area contributed by atoms with Gasteiger partial charge in [-0.3, -0.25) is 14.4 Å². The fourth-order valence-corrected chi connectivity index (χ4v) is 4.96. The lowest BCUT2D eigenvalue weighted by molar-refractivity contribution is -0.192. The number of rotatable bonds is 8. The van der Waals surface area contributed by atoms with Crippen LogP contribution in [-0.4, -0.2) is 75.9 Å². The molecule has 1 amide bonds. The van der Waals surface area contributed by atoms with Gasteiger partial charge in [0.05, 0.1) is 18.6 Å². The largest absolute Gasteiger partial charge is 0.490 e. The summed E-state index contributed by atoms with van der Waals surface area (Å²) in [6.07, 6.45) is -3.56. The third kappa shape index (κ3) is 7.65. The van der Waals surface area contributed by atoms with Crippen LogP contribution in [0.5, 0.6) is 0 Å². The Labute approximate surface area is 216 Å². The van der Waals surface area contributed by atoms with E-state index in [0.717, 1.165) is 57.3 Å². The molecule has 14 heteroatoms. The van der Waals surface area contributed by atoms with E-state index in [-0.39, 0.29) is 5.91 Å². The highest BCUT2D eigenvalue weighted by molar-refractivity contribution is 7.92. The molecule has 1 aliphatic carbocycles. The molecule has 0 atom stereocenters. The van der Waals surface area contributed by atoms with E-state index in [1.807, 2.05) is 0 Å². The number of carboxylic acid groups (broad SMARTS) is 1. The van der Waals surface area contributed by atoms with Crippen LogP contribution in [0.15, 0.2) is 53.4 Å². The lowest BCUT2D eigenvalue weighted by Gasteiger charge is -2.27. The van der Waals surface area contributed by atoms with Gasteiger partial charge in [-0.25, -0.2) is 17.6 Å². The molecular formula is C24H27F4N3O6S. The van der Waals surface area contributed by atoms with Crippen LogP contribution in [0.25, 0.3) is 0 Å². The summed E-state index contributed by atoms with van der Waals surface area (Å²) in [5, 5.41) is 10.2. The minimum absolute atomic E-state index is 0.000414. The maximum absolute atomic E-state index is 13.9. The first-order valence-corrected chi connectivity index (χ1v) is 13.1. The van der Waals surface area contributed by atoms with Crippen molar-refractivity contribution in [3.8, 4) is 0 Å². The van der Waals surface area contributed by atoms with Gasteiger partial charge < -0.3 is 15.2 Å². The maximum Gasteiger partial charge on any atom is 0.490 e. The predicted molar refractivity (Wildman–Crippen MR) is 129 cm³/mol. The molecule has 9 nitrogen and oxygen atoms in total. The van der Waals surface area contributed by atoms with E-state index in [9.17, 15) is 30.8 Å². The van der Waals surface area contributed by atoms with Crippen LogP contribution in [0.1, 0.15) is 18.4 Å². The summed E-state index contributed by atoms with van der Waals surface area (Å²) < 4.78 is 78.2. The van der Waals surface area contributed by atoms with Crippen molar-refractivity contribution < 1.29 is 45.4 Å². The molecule has 0 aromatic heterocycles. The molecule has 0 unspecified atom stereocenters. The molecule has 1 aliphatic heterocycles. The Kier molecular flexibility index (Phi) is 9.33. The Balaban J connectivity index is 0.000000505. The number of morpholine rings is 1. The number of aliphatic carboxylic acids is 1. The molecule has 208 valence electrons. The van der Waals surface area contributed by atoms with Crippen molar-refractivity contribution in [3.63, 3.8) is 0 Å². The molecule has 1 saturated carbocycles. The smallest absolute Gasteiger partial charge is 0.475 e. The predicted octanol–water partition coefficient (Wildman–Crippen LogP) is 2.74. The number of benzene rings is 2. The molecule has 4 rings (SSSR count). The Morgan fingerprint density at radius 1 is 1.03 bits per heavy atom. The summed E-state index contributed by atoms with van der Waals surface area (Å²) in [5.41, 5.74) is 0.620. The number of nitrogens with zero attached hydrogens (tertiary/aromatic N) is 1. The molecule has 0 spiro atoms. The number of nitrogens with one attached hydrogen (secondary N) is 2. The number of halogens is 4. The van der Waals surface area contributed by atoms with E-state index >= 15 is 0 Å². The van der Waals surface area contributed by atoms with Gasteiger partial charge in [0.15, 0.2) is 0 Å². The lowest BCUT2D eigenvalue weighted by Crippen LogP contribution is -2.43. The highest BCUT2D eigenvalue weighted by atomic mass is 32.2. The molecule has 3 N–H and O–H groups in total. The quantitative estimate of drug-likeness (QED) is 0.424. The number of ether oxygens (including phenoxy) is 1. The SMILES string of the molecule is O=C(NCCN1CCOCC1)C1(c2ccc(NS(=O)(=O)c3ccccc3F)cc2)CC1.O=C(O)C(F)(F)F. The van der Waals surface area contributed by atoms with Crippen LogP contribution < -0.4 is 10.0 Å². The van der Waals surface area contributed by atoms with Gasteiger partial charge in [-0.05, 0) is 42.7 Å². The second-order valence-electron chi connectivity index (χ2n) is 8.71. The molecular weight excluding hydrogens is 534 g/mol. The fourth-order valence-electron chi connectivity index (χ4n) is 3.82. The average molecular weight is 562 g/mol. The molecule has 1 heterocycles. The number of anilines is 1. The minimum Gasteiger partial charge on any atom is -0.475 e. The second kappa shape index (κ2) is 12.1. The van der Waals surface area contributed by atoms with Gasteiger partial charge in [0, 0.05) is 31.9 Å². The molecule has 0 radical (unpaired) electrons. The summed E-state index contributed by atoms with van der Waals surface area (Å²) in [4.78, 5) is 23.6. The standard InChI is InChI=1S/C22H26FN3O4S.C2HF3O2/c23-19-3-1-2-4-20(19)31(28,29)25-18-7-5-17(6-8-18)22(9-10-22)21(27)24-11-12-26-13-15-30-16-14-26;3-2(4,5)1(6)7/h1-8,25H,9-16H2,(H,24,27);(H,6,7). The zero-order chi connectivity index (χ0) is 28.0. The summed E-state index contributed by atoms with van der Waals surface area (Å²) in [7, 11) is -4.03. The normalized spacial score (nSPS) is 17.1. The fraction of sp³-hybridized carbons (Fsp3) is 0.417. The van der Waals surface area contributed by atoms with Gasteiger partial charge >= 0.3 is 12.1 Å². The van der Waals surface area contributed by atoms with Crippen molar-refractivity contribution in [3.05, 3.63) is 59.9 Å². The molecule has 2 aliphatic rings. The summed E-state index contributed by atoms with van der Waals surface area (Å²) >= 11 is 0. The number of amides is 1. The number of carboxylic acids is 1. The Morgan fingerprint density at radius 3 is 2.13 bits per heavy atom. The van der Waals surface area contributed by atoms with Gasteiger partial charge in [0.25, 0.3) is 10.0 Å². The van der Waals surface area contributed by atoms with Crippen molar-refractivity contribution in [2.24, 2.45) is 0 Å². The highest BCUT2D eigenvalue weighted by Gasteiger charge is 2.51. The Bertz CT molecular complexity index is 1230. The van der Waals surface area contributed by atoms with E-state index in [2.05, 4.69) is 14.9 Å². The average Bonchev–Trinajstić information content (AvgIpc) is 3.67. The van der Waals surface area contributed by atoms with Gasteiger partial charge in [-0.2, -0.15) is 13.2 Å². The molecule has 38 heavy (non-hydrogen) atoms. The Morgan fingerprint density at radius 2 is 1.61 bits per heavy atom. The number of carbonyl (C=O) groups is 2.